The Hall–Kier alpha value is -1.94. The molecule has 16 heavy (non-hydrogen) atoms. The SMILES string of the molecule is OCCOc1cc(O)c2ccccc2c1O. The molecule has 0 aliphatic carbocycles. The van der Waals surface area contributed by atoms with E-state index in [1.54, 1.807) is 24.3 Å². The lowest BCUT2D eigenvalue weighted by Crippen LogP contribution is -2.01. The van der Waals surface area contributed by atoms with E-state index in [4.69, 9.17) is 9.84 Å². The minimum Gasteiger partial charge on any atom is -0.507 e. The highest BCUT2D eigenvalue weighted by atomic mass is 16.5. The van der Waals surface area contributed by atoms with Crippen LogP contribution < -0.4 is 4.74 Å². The minimum atomic E-state index is -0.146. The third-order valence-corrected chi connectivity index (χ3v) is 2.31. The van der Waals surface area contributed by atoms with Crippen LogP contribution in [0.25, 0.3) is 10.8 Å². The summed E-state index contributed by atoms with van der Waals surface area (Å²) in [6.07, 6.45) is 0. The Labute approximate surface area is 92.3 Å². The molecule has 2 aromatic rings. The maximum absolute atomic E-state index is 9.88. The maximum Gasteiger partial charge on any atom is 0.165 e. The van der Waals surface area contributed by atoms with Crippen LogP contribution in [0.2, 0.25) is 0 Å². The van der Waals surface area contributed by atoms with Crippen molar-refractivity contribution in [1.29, 1.82) is 0 Å². The second-order valence-electron chi connectivity index (χ2n) is 3.36. The standard InChI is InChI=1S/C12H12O4/c13-5-6-16-11-7-10(14)8-3-1-2-4-9(8)12(11)15/h1-4,7,13-15H,5-6H2. The molecule has 0 radical (unpaired) electrons. The predicted molar refractivity (Wildman–Crippen MR) is 59.9 cm³/mol. The second kappa shape index (κ2) is 4.28. The summed E-state index contributed by atoms with van der Waals surface area (Å²) in [5, 5.41) is 29.3. The van der Waals surface area contributed by atoms with Crippen molar-refractivity contribution in [3.63, 3.8) is 0 Å². The maximum atomic E-state index is 9.88. The molecule has 0 spiro atoms. The van der Waals surface area contributed by atoms with E-state index >= 15 is 0 Å². The Bertz CT molecular complexity index is 508. The number of hydrogen-bond acceptors (Lipinski definition) is 4. The molecule has 0 bridgehead atoms. The molecular formula is C12H12O4. The van der Waals surface area contributed by atoms with Crippen LogP contribution in [0.3, 0.4) is 0 Å². The Kier molecular flexibility index (Phi) is 2.83. The van der Waals surface area contributed by atoms with Gasteiger partial charge in [0.05, 0.1) is 6.61 Å². The van der Waals surface area contributed by atoms with Crippen LogP contribution in [0, 0.1) is 0 Å². The van der Waals surface area contributed by atoms with Crippen molar-refractivity contribution in [2.45, 2.75) is 0 Å². The van der Waals surface area contributed by atoms with Gasteiger partial charge in [-0.25, -0.2) is 0 Å². The zero-order valence-corrected chi connectivity index (χ0v) is 8.55. The lowest BCUT2D eigenvalue weighted by molar-refractivity contribution is 0.197. The van der Waals surface area contributed by atoms with Gasteiger partial charge in [-0.15, -0.1) is 0 Å². The summed E-state index contributed by atoms with van der Waals surface area (Å²) in [5.41, 5.74) is 0. The van der Waals surface area contributed by atoms with E-state index in [1.165, 1.54) is 6.07 Å². The molecule has 0 unspecified atom stereocenters. The topological polar surface area (TPSA) is 69.9 Å². The Morgan fingerprint density at radius 3 is 2.44 bits per heavy atom. The molecule has 2 rings (SSSR count). The van der Waals surface area contributed by atoms with Crippen LogP contribution in [0.5, 0.6) is 17.2 Å². The molecule has 0 saturated carbocycles. The Morgan fingerprint density at radius 2 is 1.75 bits per heavy atom. The van der Waals surface area contributed by atoms with Gasteiger partial charge in [-0.1, -0.05) is 24.3 Å². The second-order valence-corrected chi connectivity index (χ2v) is 3.36. The van der Waals surface area contributed by atoms with Gasteiger partial charge in [0, 0.05) is 16.8 Å². The number of benzene rings is 2. The van der Waals surface area contributed by atoms with E-state index in [-0.39, 0.29) is 30.5 Å². The third-order valence-electron chi connectivity index (χ3n) is 2.31. The molecule has 4 nitrogen and oxygen atoms in total. The number of phenols is 2. The number of aliphatic hydroxyl groups is 1. The normalized spacial score (nSPS) is 10.6. The molecule has 0 aliphatic heterocycles. The average molecular weight is 220 g/mol. The van der Waals surface area contributed by atoms with E-state index in [0.29, 0.717) is 10.8 Å². The summed E-state index contributed by atoms with van der Waals surface area (Å²) in [4.78, 5) is 0. The number of aromatic hydroxyl groups is 2. The lowest BCUT2D eigenvalue weighted by atomic mass is 10.1. The molecule has 0 saturated heterocycles. The van der Waals surface area contributed by atoms with Crippen molar-refractivity contribution in [2.75, 3.05) is 13.2 Å². The number of aliphatic hydroxyl groups excluding tert-OH is 1. The van der Waals surface area contributed by atoms with Crippen molar-refractivity contribution in [2.24, 2.45) is 0 Å². The molecule has 0 fully saturated rings. The fraction of sp³-hybridized carbons (Fsp3) is 0.167. The van der Waals surface area contributed by atoms with Gasteiger partial charge in [0.25, 0.3) is 0 Å². The molecule has 0 heterocycles. The first-order valence-electron chi connectivity index (χ1n) is 4.91. The third kappa shape index (κ3) is 1.75. The van der Waals surface area contributed by atoms with Crippen molar-refractivity contribution < 1.29 is 20.1 Å². The van der Waals surface area contributed by atoms with Crippen LogP contribution in [-0.4, -0.2) is 28.5 Å². The number of hydrogen-bond donors (Lipinski definition) is 3. The van der Waals surface area contributed by atoms with Gasteiger partial charge in [-0.2, -0.15) is 0 Å². The Balaban J connectivity index is 2.56. The zero-order chi connectivity index (χ0) is 11.5. The molecule has 4 heteroatoms. The van der Waals surface area contributed by atoms with Crippen LogP contribution >= 0.6 is 0 Å². The van der Waals surface area contributed by atoms with E-state index in [0.717, 1.165) is 0 Å². The number of fused-ring (bicyclic) bond motifs is 1. The summed E-state index contributed by atoms with van der Waals surface area (Å²) in [7, 11) is 0. The predicted octanol–water partition coefficient (Wildman–Crippen LogP) is 1.62. The molecule has 0 atom stereocenters. The van der Waals surface area contributed by atoms with Crippen LogP contribution in [0.15, 0.2) is 30.3 Å². The number of phenolic OH excluding ortho intramolecular Hbond substituents is 2. The fourth-order valence-electron chi connectivity index (χ4n) is 1.58. The quantitative estimate of drug-likeness (QED) is 0.687. The molecule has 84 valence electrons. The molecule has 3 N–H and O–H groups in total. The first kappa shape index (κ1) is 10.6. The minimum absolute atomic E-state index is 0.0261. The number of rotatable bonds is 3. The van der Waals surface area contributed by atoms with Crippen LogP contribution in [-0.2, 0) is 0 Å². The van der Waals surface area contributed by atoms with Crippen LogP contribution in [0.4, 0.5) is 0 Å². The van der Waals surface area contributed by atoms with Gasteiger partial charge in [-0.05, 0) is 0 Å². The summed E-state index contributed by atoms with van der Waals surface area (Å²) in [6, 6.07) is 8.27. The summed E-state index contributed by atoms with van der Waals surface area (Å²) in [6.45, 7) is -0.0711. The highest BCUT2D eigenvalue weighted by molar-refractivity contribution is 5.95. The van der Waals surface area contributed by atoms with Crippen molar-refractivity contribution >= 4 is 10.8 Å². The summed E-state index contributed by atoms with van der Waals surface area (Å²) < 4.78 is 5.11. The fourth-order valence-corrected chi connectivity index (χ4v) is 1.58. The van der Waals surface area contributed by atoms with Gasteiger partial charge in [-0.3, -0.25) is 0 Å². The van der Waals surface area contributed by atoms with Crippen molar-refractivity contribution in [1.82, 2.24) is 0 Å². The lowest BCUT2D eigenvalue weighted by Gasteiger charge is -2.10. The smallest absolute Gasteiger partial charge is 0.165 e. The van der Waals surface area contributed by atoms with E-state index < -0.39 is 0 Å². The Morgan fingerprint density at radius 1 is 1.06 bits per heavy atom. The first-order chi connectivity index (χ1) is 7.74. The molecular weight excluding hydrogens is 208 g/mol. The van der Waals surface area contributed by atoms with Gasteiger partial charge >= 0.3 is 0 Å². The van der Waals surface area contributed by atoms with Crippen LogP contribution in [0.1, 0.15) is 0 Å². The molecule has 0 aromatic heterocycles. The number of ether oxygens (including phenoxy) is 1. The molecule has 0 aliphatic rings. The molecule has 2 aromatic carbocycles. The van der Waals surface area contributed by atoms with Gasteiger partial charge < -0.3 is 20.1 Å². The largest absolute Gasteiger partial charge is 0.507 e. The molecule has 0 amide bonds. The zero-order valence-electron chi connectivity index (χ0n) is 8.55. The van der Waals surface area contributed by atoms with Gasteiger partial charge in [0.2, 0.25) is 0 Å². The van der Waals surface area contributed by atoms with E-state index in [9.17, 15) is 10.2 Å². The van der Waals surface area contributed by atoms with E-state index in [2.05, 4.69) is 0 Å². The summed E-state index contributed by atoms with van der Waals surface area (Å²) in [5.74, 6) is 0.188. The van der Waals surface area contributed by atoms with Crippen molar-refractivity contribution in [3.05, 3.63) is 30.3 Å². The summed E-state index contributed by atoms with van der Waals surface area (Å²) >= 11 is 0. The van der Waals surface area contributed by atoms with Gasteiger partial charge in [0.1, 0.15) is 12.4 Å². The average Bonchev–Trinajstić information content (AvgIpc) is 2.32. The highest BCUT2D eigenvalue weighted by Crippen LogP contribution is 2.39. The van der Waals surface area contributed by atoms with E-state index in [1.807, 2.05) is 0 Å². The van der Waals surface area contributed by atoms with Crippen molar-refractivity contribution in [3.8, 4) is 17.2 Å². The van der Waals surface area contributed by atoms with Gasteiger partial charge in [0.15, 0.2) is 11.5 Å². The highest BCUT2D eigenvalue weighted by Gasteiger charge is 2.11. The monoisotopic (exact) mass is 220 g/mol. The first-order valence-corrected chi connectivity index (χ1v) is 4.91.